The Morgan fingerprint density at radius 2 is 1.41 bits per heavy atom. The van der Waals surface area contributed by atoms with E-state index < -0.39 is 0 Å². The second-order valence-corrected chi connectivity index (χ2v) is 3.25. The molecule has 0 saturated carbocycles. The fourth-order valence-corrected chi connectivity index (χ4v) is 1.38. The van der Waals surface area contributed by atoms with E-state index in [9.17, 15) is 0 Å². The van der Waals surface area contributed by atoms with Gasteiger partial charge in [0.1, 0.15) is 0 Å². The molecule has 94 valence electrons. The molecule has 0 aliphatic carbocycles. The highest BCUT2D eigenvalue weighted by Gasteiger charge is 2.19. The Morgan fingerprint density at radius 1 is 0.941 bits per heavy atom. The SMILES string of the molecule is COCOc1cc2c(cc1OCOC)OCO2. The smallest absolute Gasteiger partial charge is 0.231 e. The van der Waals surface area contributed by atoms with Crippen LogP contribution in [0.15, 0.2) is 12.1 Å². The van der Waals surface area contributed by atoms with Gasteiger partial charge in [0.05, 0.1) is 0 Å². The maximum absolute atomic E-state index is 5.37. The molecular formula is C11H14O6. The molecule has 0 unspecified atom stereocenters. The van der Waals surface area contributed by atoms with E-state index in [4.69, 9.17) is 28.4 Å². The average molecular weight is 242 g/mol. The van der Waals surface area contributed by atoms with Crippen molar-refractivity contribution in [2.24, 2.45) is 0 Å². The highest BCUT2D eigenvalue weighted by Crippen LogP contribution is 2.42. The minimum Gasteiger partial charge on any atom is -0.464 e. The molecule has 2 rings (SSSR count). The van der Waals surface area contributed by atoms with E-state index in [-0.39, 0.29) is 20.4 Å². The number of rotatable bonds is 6. The van der Waals surface area contributed by atoms with Gasteiger partial charge in [-0.3, -0.25) is 0 Å². The van der Waals surface area contributed by atoms with Gasteiger partial charge in [-0.1, -0.05) is 0 Å². The van der Waals surface area contributed by atoms with Crippen LogP contribution in [0.25, 0.3) is 0 Å². The molecule has 1 aliphatic heterocycles. The molecule has 0 radical (unpaired) electrons. The Labute approximate surface area is 98.9 Å². The van der Waals surface area contributed by atoms with Crippen molar-refractivity contribution in [3.05, 3.63) is 12.1 Å². The normalized spacial score (nSPS) is 12.6. The van der Waals surface area contributed by atoms with E-state index in [1.807, 2.05) is 0 Å². The van der Waals surface area contributed by atoms with Gasteiger partial charge in [0.2, 0.25) is 6.79 Å². The Kier molecular flexibility index (Phi) is 3.89. The predicted molar refractivity (Wildman–Crippen MR) is 57.6 cm³/mol. The van der Waals surface area contributed by atoms with Crippen LogP contribution in [-0.4, -0.2) is 34.6 Å². The van der Waals surface area contributed by atoms with Crippen LogP contribution in [0.1, 0.15) is 0 Å². The number of fused-ring (bicyclic) bond motifs is 1. The van der Waals surface area contributed by atoms with Crippen LogP contribution in [-0.2, 0) is 9.47 Å². The van der Waals surface area contributed by atoms with Crippen molar-refractivity contribution in [3.63, 3.8) is 0 Å². The van der Waals surface area contributed by atoms with Gasteiger partial charge in [-0.15, -0.1) is 0 Å². The largest absolute Gasteiger partial charge is 0.464 e. The van der Waals surface area contributed by atoms with Gasteiger partial charge in [-0.05, 0) is 0 Å². The van der Waals surface area contributed by atoms with Crippen LogP contribution in [0, 0.1) is 0 Å². The van der Waals surface area contributed by atoms with E-state index >= 15 is 0 Å². The van der Waals surface area contributed by atoms with Gasteiger partial charge >= 0.3 is 0 Å². The second kappa shape index (κ2) is 5.60. The Hall–Kier alpha value is -1.66. The zero-order chi connectivity index (χ0) is 12.1. The number of methoxy groups -OCH3 is 2. The standard InChI is InChI=1S/C11H14O6/c1-12-5-14-8-3-10-11(17-7-16-10)4-9(8)15-6-13-2/h3-4H,5-7H2,1-2H3. The highest BCUT2D eigenvalue weighted by atomic mass is 16.7. The molecule has 0 aromatic heterocycles. The first-order valence-electron chi connectivity index (χ1n) is 5.02. The van der Waals surface area contributed by atoms with Crippen molar-refractivity contribution >= 4 is 0 Å². The molecule has 0 saturated heterocycles. The first-order chi connectivity index (χ1) is 8.35. The monoisotopic (exact) mass is 242 g/mol. The average Bonchev–Trinajstić information content (AvgIpc) is 2.80. The van der Waals surface area contributed by atoms with Crippen molar-refractivity contribution in [2.75, 3.05) is 34.6 Å². The number of benzene rings is 1. The molecule has 6 heteroatoms. The van der Waals surface area contributed by atoms with E-state index in [0.717, 1.165) is 0 Å². The first-order valence-corrected chi connectivity index (χ1v) is 5.02. The third kappa shape index (κ3) is 2.72. The summed E-state index contributed by atoms with van der Waals surface area (Å²) in [5.41, 5.74) is 0. The van der Waals surface area contributed by atoms with Crippen LogP contribution in [0.4, 0.5) is 0 Å². The molecule has 0 amide bonds. The molecule has 1 aliphatic rings. The summed E-state index contributed by atoms with van der Waals surface area (Å²) in [7, 11) is 3.09. The fraction of sp³-hybridized carbons (Fsp3) is 0.455. The molecule has 1 heterocycles. The molecule has 17 heavy (non-hydrogen) atoms. The van der Waals surface area contributed by atoms with Crippen LogP contribution >= 0.6 is 0 Å². The van der Waals surface area contributed by atoms with Gasteiger partial charge in [-0.2, -0.15) is 0 Å². The Balaban J connectivity index is 2.19. The van der Waals surface area contributed by atoms with Crippen molar-refractivity contribution in [1.82, 2.24) is 0 Å². The van der Waals surface area contributed by atoms with E-state index in [2.05, 4.69) is 0 Å². The zero-order valence-electron chi connectivity index (χ0n) is 9.73. The summed E-state index contributed by atoms with van der Waals surface area (Å²) in [6, 6.07) is 3.40. The van der Waals surface area contributed by atoms with Crippen LogP contribution < -0.4 is 18.9 Å². The highest BCUT2D eigenvalue weighted by molar-refractivity contribution is 5.55. The van der Waals surface area contributed by atoms with Crippen LogP contribution in [0.2, 0.25) is 0 Å². The third-order valence-corrected chi connectivity index (χ3v) is 2.10. The Morgan fingerprint density at radius 3 is 1.82 bits per heavy atom. The minimum absolute atomic E-state index is 0.128. The summed E-state index contributed by atoms with van der Waals surface area (Å²) in [6.45, 7) is 0.457. The summed E-state index contributed by atoms with van der Waals surface area (Å²) >= 11 is 0. The molecule has 6 nitrogen and oxygen atoms in total. The second-order valence-electron chi connectivity index (χ2n) is 3.25. The summed E-state index contributed by atoms with van der Waals surface area (Å²) in [5.74, 6) is 2.29. The molecule has 0 atom stereocenters. The molecule has 0 bridgehead atoms. The number of hydrogen-bond donors (Lipinski definition) is 0. The van der Waals surface area contributed by atoms with Gasteiger partial charge in [0.25, 0.3) is 0 Å². The lowest BCUT2D eigenvalue weighted by Crippen LogP contribution is -2.04. The van der Waals surface area contributed by atoms with Crippen LogP contribution in [0.5, 0.6) is 23.0 Å². The number of hydrogen-bond acceptors (Lipinski definition) is 6. The molecule has 1 aromatic rings. The molecule has 0 spiro atoms. The van der Waals surface area contributed by atoms with Crippen molar-refractivity contribution in [1.29, 1.82) is 0 Å². The van der Waals surface area contributed by atoms with E-state index in [1.54, 1.807) is 26.4 Å². The zero-order valence-corrected chi connectivity index (χ0v) is 9.73. The van der Waals surface area contributed by atoms with Crippen LogP contribution in [0.3, 0.4) is 0 Å². The van der Waals surface area contributed by atoms with E-state index in [0.29, 0.717) is 23.0 Å². The van der Waals surface area contributed by atoms with E-state index in [1.165, 1.54) is 0 Å². The predicted octanol–water partition coefficient (Wildman–Crippen LogP) is 1.38. The molecule has 0 N–H and O–H groups in total. The molecule has 1 aromatic carbocycles. The quantitative estimate of drug-likeness (QED) is 0.702. The van der Waals surface area contributed by atoms with Gasteiger partial charge in [0, 0.05) is 26.4 Å². The lowest BCUT2D eigenvalue weighted by Gasteiger charge is -2.12. The number of ether oxygens (including phenoxy) is 6. The van der Waals surface area contributed by atoms with Gasteiger partial charge in [-0.25, -0.2) is 0 Å². The molecular weight excluding hydrogens is 228 g/mol. The topological polar surface area (TPSA) is 55.4 Å². The summed E-state index contributed by atoms with van der Waals surface area (Å²) in [4.78, 5) is 0. The summed E-state index contributed by atoms with van der Waals surface area (Å²) in [6.07, 6.45) is 0. The van der Waals surface area contributed by atoms with Crippen molar-refractivity contribution < 1.29 is 28.4 Å². The van der Waals surface area contributed by atoms with Crippen molar-refractivity contribution in [2.45, 2.75) is 0 Å². The summed E-state index contributed by atoms with van der Waals surface area (Å²) in [5, 5.41) is 0. The third-order valence-electron chi connectivity index (χ3n) is 2.10. The minimum atomic E-state index is 0.128. The van der Waals surface area contributed by atoms with Gasteiger partial charge in [0.15, 0.2) is 36.6 Å². The molecule has 0 fully saturated rings. The first kappa shape index (κ1) is 11.8. The maximum atomic E-state index is 5.37. The fourth-order valence-electron chi connectivity index (χ4n) is 1.38. The lowest BCUT2D eigenvalue weighted by atomic mass is 10.3. The lowest BCUT2D eigenvalue weighted by molar-refractivity contribution is 0.0321. The van der Waals surface area contributed by atoms with Gasteiger partial charge < -0.3 is 28.4 Å². The summed E-state index contributed by atoms with van der Waals surface area (Å²) < 4.78 is 30.9. The van der Waals surface area contributed by atoms with Crippen molar-refractivity contribution in [3.8, 4) is 23.0 Å². The Bertz CT molecular complexity index is 343. The maximum Gasteiger partial charge on any atom is 0.231 e.